The minimum atomic E-state index is -0.268. The summed E-state index contributed by atoms with van der Waals surface area (Å²) in [6.07, 6.45) is 1.61. The SMILES string of the molecule is CC(C)(Pc1ccccc1C=O)c1cccc(Cc2ccccc2)c1O. The minimum absolute atomic E-state index is 0.268. The molecule has 0 amide bonds. The summed E-state index contributed by atoms with van der Waals surface area (Å²) in [6.45, 7) is 4.24. The molecule has 3 rings (SSSR count). The highest BCUT2D eigenvalue weighted by Crippen LogP contribution is 2.45. The van der Waals surface area contributed by atoms with Gasteiger partial charge in [-0.05, 0) is 16.4 Å². The second-order valence-corrected chi connectivity index (χ2v) is 8.97. The number of para-hydroxylation sites is 1. The van der Waals surface area contributed by atoms with Crippen molar-refractivity contribution >= 4 is 20.2 Å². The van der Waals surface area contributed by atoms with Gasteiger partial charge in [-0.25, -0.2) is 0 Å². The monoisotopic (exact) mass is 362 g/mol. The van der Waals surface area contributed by atoms with Crippen molar-refractivity contribution in [3.63, 3.8) is 0 Å². The van der Waals surface area contributed by atoms with Crippen molar-refractivity contribution in [1.82, 2.24) is 0 Å². The summed E-state index contributed by atoms with van der Waals surface area (Å²) in [5.74, 6) is 0.359. The lowest BCUT2D eigenvalue weighted by Gasteiger charge is -2.28. The quantitative estimate of drug-likeness (QED) is 0.493. The van der Waals surface area contributed by atoms with Crippen LogP contribution in [-0.2, 0) is 11.6 Å². The van der Waals surface area contributed by atoms with Crippen LogP contribution in [-0.4, -0.2) is 11.4 Å². The second-order valence-electron chi connectivity index (χ2n) is 6.93. The van der Waals surface area contributed by atoms with Gasteiger partial charge in [0.1, 0.15) is 5.75 Å². The lowest BCUT2D eigenvalue weighted by Crippen LogP contribution is -2.17. The molecule has 3 aromatic rings. The van der Waals surface area contributed by atoms with Gasteiger partial charge in [0.2, 0.25) is 0 Å². The third-order valence-corrected chi connectivity index (χ3v) is 6.18. The molecule has 0 aliphatic heterocycles. The van der Waals surface area contributed by atoms with Gasteiger partial charge < -0.3 is 5.11 Å². The van der Waals surface area contributed by atoms with Crippen LogP contribution >= 0.6 is 8.58 Å². The predicted octanol–water partition coefficient (Wildman–Crippen LogP) is 5.03. The molecule has 0 aromatic heterocycles. The Balaban J connectivity index is 1.92. The number of hydrogen-bond donors (Lipinski definition) is 1. The zero-order valence-electron chi connectivity index (χ0n) is 15.1. The van der Waals surface area contributed by atoms with Gasteiger partial charge >= 0.3 is 0 Å². The molecule has 0 aliphatic carbocycles. The number of carbonyl (C=O) groups excluding carboxylic acids is 1. The molecule has 1 atom stereocenters. The predicted molar refractivity (Wildman–Crippen MR) is 110 cm³/mol. The van der Waals surface area contributed by atoms with E-state index < -0.39 is 0 Å². The van der Waals surface area contributed by atoms with Crippen LogP contribution in [0, 0.1) is 0 Å². The van der Waals surface area contributed by atoms with E-state index in [9.17, 15) is 9.90 Å². The molecule has 1 unspecified atom stereocenters. The van der Waals surface area contributed by atoms with E-state index in [0.29, 0.717) is 20.8 Å². The number of aldehydes is 1. The molecule has 0 aliphatic rings. The summed E-state index contributed by atoms with van der Waals surface area (Å²) >= 11 is 0. The molecule has 132 valence electrons. The Labute approximate surface area is 156 Å². The second kappa shape index (κ2) is 7.85. The first-order chi connectivity index (χ1) is 12.5. The van der Waals surface area contributed by atoms with E-state index in [4.69, 9.17) is 0 Å². The molecule has 1 N–H and O–H groups in total. The van der Waals surface area contributed by atoms with E-state index in [2.05, 4.69) is 26.0 Å². The Hall–Kier alpha value is -2.44. The van der Waals surface area contributed by atoms with Crippen LogP contribution in [0.2, 0.25) is 0 Å². The first-order valence-corrected chi connectivity index (χ1v) is 9.69. The molecule has 26 heavy (non-hydrogen) atoms. The molecule has 0 saturated heterocycles. The first kappa shape index (κ1) is 18.4. The molecule has 3 aromatic carbocycles. The van der Waals surface area contributed by atoms with E-state index >= 15 is 0 Å². The Bertz CT molecular complexity index is 901. The van der Waals surface area contributed by atoms with Crippen LogP contribution < -0.4 is 5.30 Å². The van der Waals surface area contributed by atoms with Gasteiger partial charge in [0.15, 0.2) is 6.29 Å². The zero-order valence-corrected chi connectivity index (χ0v) is 16.1. The van der Waals surface area contributed by atoms with Crippen molar-refractivity contribution in [2.24, 2.45) is 0 Å². The van der Waals surface area contributed by atoms with E-state index in [-0.39, 0.29) is 5.16 Å². The topological polar surface area (TPSA) is 37.3 Å². The maximum absolute atomic E-state index is 11.3. The standard InChI is InChI=1S/C23H23O2P/c1-23(2,26-21-14-7-6-11-19(21)16-24)20-13-8-12-18(22(20)25)15-17-9-4-3-5-10-17/h3-14,16,25-26H,15H2,1-2H3. The van der Waals surface area contributed by atoms with Gasteiger partial charge in [-0.3, -0.25) is 4.79 Å². The van der Waals surface area contributed by atoms with E-state index in [1.807, 2.05) is 60.7 Å². The van der Waals surface area contributed by atoms with Gasteiger partial charge in [0, 0.05) is 22.7 Å². The third-order valence-electron chi connectivity index (χ3n) is 4.57. The number of phenolic OH excluding ortho intramolecular Hbond substituents is 1. The average Bonchev–Trinajstić information content (AvgIpc) is 2.64. The van der Waals surface area contributed by atoms with E-state index in [1.165, 1.54) is 5.56 Å². The maximum atomic E-state index is 11.3. The lowest BCUT2D eigenvalue weighted by molar-refractivity contribution is 0.112. The highest BCUT2D eigenvalue weighted by Gasteiger charge is 2.26. The van der Waals surface area contributed by atoms with Crippen molar-refractivity contribution in [3.05, 3.63) is 95.1 Å². The van der Waals surface area contributed by atoms with Crippen molar-refractivity contribution in [1.29, 1.82) is 0 Å². The fraction of sp³-hybridized carbons (Fsp3) is 0.174. The molecular formula is C23H23O2P. The van der Waals surface area contributed by atoms with Crippen molar-refractivity contribution in [2.45, 2.75) is 25.4 Å². The molecular weight excluding hydrogens is 339 g/mol. The van der Waals surface area contributed by atoms with Crippen LogP contribution in [0.4, 0.5) is 0 Å². The summed E-state index contributed by atoms with van der Waals surface area (Å²) in [7, 11) is 0.384. The van der Waals surface area contributed by atoms with Gasteiger partial charge in [-0.2, -0.15) is 0 Å². The van der Waals surface area contributed by atoms with Crippen LogP contribution in [0.15, 0.2) is 72.8 Å². The number of rotatable bonds is 6. The average molecular weight is 362 g/mol. The fourth-order valence-corrected chi connectivity index (χ4v) is 4.65. The fourth-order valence-electron chi connectivity index (χ4n) is 3.17. The van der Waals surface area contributed by atoms with Gasteiger partial charge in [-0.15, -0.1) is 0 Å². The van der Waals surface area contributed by atoms with Gasteiger partial charge in [-0.1, -0.05) is 95.2 Å². The number of carbonyl (C=O) groups is 1. The Morgan fingerprint density at radius 3 is 2.35 bits per heavy atom. The third kappa shape index (κ3) is 4.03. The summed E-state index contributed by atoms with van der Waals surface area (Å²) in [6, 6.07) is 23.8. The molecule has 2 nitrogen and oxygen atoms in total. The minimum Gasteiger partial charge on any atom is -0.507 e. The number of benzene rings is 3. The highest BCUT2D eigenvalue weighted by molar-refractivity contribution is 7.48. The molecule has 0 heterocycles. The van der Waals surface area contributed by atoms with E-state index in [0.717, 1.165) is 28.3 Å². The highest BCUT2D eigenvalue weighted by atomic mass is 31.1. The summed E-state index contributed by atoms with van der Waals surface area (Å²) in [5.41, 5.74) is 3.74. The Morgan fingerprint density at radius 1 is 0.923 bits per heavy atom. The first-order valence-electron chi connectivity index (χ1n) is 8.69. The number of phenols is 1. The Morgan fingerprint density at radius 2 is 1.62 bits per heavy atom. The van der Waals surface area contributed by atoms with Gasteiger partial charge in [0.05, 0.1) is 0 Å². The van der Waals surface area contributed by atoms with Crippen LogP contribution in [0.5, 0.6) is 5.75 Å². The van der Waals surface area contributed by atoms with Crippen molar-refractivity contribution in [3.8, 4) is 5.75 Å². The number of hydrogen-bond acceptors (Lipinski definition) is 2. The molecule has 3 heteroatoms. The molecule has 0 bridgehead atoms. The van der Waals surface area contributed by atoms with Crippen LogP contribution in [0.25, 0.3) is 0 Å². The molecule has 0 radical (unpaired) electrons. The van der Waals surface area contributed by atoms with E-state index in [1.54, 1.807) is 0 Å². The zero-order chi connectivity index (χ0) is 18.6. The van der Waals surface area contributed by atoms with Crippen LogP contribution in [0.3, 0.4) is 0 Å². The lowest BCUT2D eigenvalue weighted by atomic mass is 9.95. The normalized spacial score (nSPS) is 11.8. The molecule has 0 fully saturated rings. The van der Waals surface area contributed by atoms with Crippen LogP contribution in [0.1, 0.15) is 40.9 Å². The smallest absolute Gasteiger partial charge is 0.150 e. The number of aromatic hydroxyl groups is 1. The summed E-state index contributed by atoms with van der Waals surface area (Å²) in [5, 5.41) is 11.7. The Kier molecular flexibility index (Phi) is 5.54. The van der Waals surface area contributed by atoms with Crippen molar-refractivity contribution < 1.29 is 9.90 Å². The molecule has 0 spiro atoms. The molecule has 0 saturated carbocycles. The van der Waals surface area contributed by atoms with Crippen molar-refractivity contribution in [2.75, 3.05) is 0 Å². The van der Waals surface area contributed by atoms with Gasteiger partial charge in [0.25, 0.3) is 0 Å². The largest absolute Gasteiger partial charge is 0.507 e. The summed E-state index contributed by atoms with van der Waals surface area (Å²) < 4.78 is 0. The summed E-state index contributed by atoms with van der Waals surface area (Å²) in [4.78, 5) is 11.3. The maximum Gasteiger partial charge on any atom is 0.150 e.